The summed E-state index contributed by atoms with van der Waals surface area (Å²) in [7, 11) is 0. The van der Waals surface area contributed by atoms with Gasteiger partial charge in [-0.3, -0.25) is 19.7 Å². The van der Waals surface area contributed by atoms with Gasteiger partial charge in [0.05, 0.1) is 18.8 Å². The number of nitrogens with zero attached hydrogens (tertiary/aromatic N) is 1. The summed E-state index contributed by atoms with van der Waals surface area (Å²) in [5.74, 6) is -2.65. The Kier molecular flexibility index (Phi) is 13.8. The van der Waals surface area contributed by atoms with Crippen LogP contribution < -0.4 is 5.73 Å². The van der Waals surface area contributed by atoms with Crippen LogP contribution in [0.3, 0.4) is 0 Å². The first-order valence-corrected chi connectivity index (χ1v) is 9.64. The summed E-state index contributed by atoms with van der Waals surface area (Å²) in [4.78, 5) is 31.0. The number of carboxylic acids is 2. The number of carbonyl (C=O) groups is 2. The number of benzene rings is 2. The van der Waals surface area contributed by atoms with E-state index < -0.39 is 29.3 Å². The molecule has 31 heavy (non-hydrogen) atoms. The third kappa shape index (κ3) is 11.8. The first-order valence-electron chi connectivity index (χ1n) is 8.88. The summed E-state index contributed by atoms with van der Waals surface area (Å²) in [6.45, 7) is -0.0676. The van der Waals surface area contributed by atoms with E-state index >= 15 is 0 Å². The molecule has 0 aliphatic heterocycles. The summed E-state index contributed by atoms with van der Waals surface area (Å²) < 4.78 is 0. The van der Waals surface area contributed by atoms with E-state index in [0.29, 0.717) is 22.2 Å². The monoisotopic (exact) mass is 509 g/mol. The molecular formula is C20H24Cl2N2O6V. The van der Waals surface area contributed by atoms with Gasteiger partial charge >= 0.3 is 11.9 Å². The van der Waals surface area contributed by atoms with Crippen molar-refractivity contribution < 1.29 is 44.7 Å². The van der Waals surface area contributed by atoms with Gasteiger partial charge in [0.25, 0.3) is 0 Å². The zero-order valence-corrected chi connectivity index (χ0v) is 19.3. The van der Waals surface area contributed by atoms with Crippen LogP contribution in [0.1, 0.15) is 37.2 Å². The predicted octanol–water partition coefficient (Wildman–Crippen LogP) is 4.28. The van der Waals surface area contributed by atoms with Crippen molar-refractivity contribution in [3.8, 4) is 0 Å². The Morgan fingerprint density at radius 1 is 0.903 bits per heavy atom. The Bertz CT molecular complexity index is 840. The standard InChI is InChI=1S/C10H10ClNO4.C10H12ClNO2.V.H2/c11-9-3-1-7(2-4-9)8(5-10(13)14)6-12(15)16;11-9-3-1-7(2-4-9)8(6-12)5-10(13)14;;/h1-4,8H,5-6H2,(H,13,14);1-4,8H,5-6,12H2,(H,13,14);;1H/t2*8-;;/m00../s1. The maximum Gasteiger partial charge on any atom is 0.304 e. The molecule has 0 aliphatic rings. The van der Waals surface area contributed by atoms with Gasteiger partial charge in [-0.1, -0.05) is 47.5 Å². The van der Waals surface area contributed by atoms with Crippen LogP contribution in [0.15, 0.2) is 48.5 Å². The molecule has 0 saturated carbocycles. The molecular weight excluding hydrogens is 486 g/mol. The Hall–Kier alpha value is -2.10. The summed E-state index contributed by atoms with van der Waals surface area (Å²) in [5, 5.41) is 28.9. The second kappa shape index (κ2) is 14.8. The molecule has 0 fully saturated rings. The van der Waals surface area contributed by atoms with E-state index in [9.17, 15) is 19.7 Å². The van der Waals surface area contributed by atoms with Crippen molar-refractivity contribution in [1.29, 1.82) is 0 Å². The first-order chi connectivity index (χ1) is 14.1. The topological polar surface area (TPSA) is 144 Å². The molecule has 0 unspecified atom stereocenters. The van der Waals surface area contributed by atoms with Crippen molar-refractivity contribution in [2.24, 2.45) is 5.73 Å². The number of halogens is 2. The van der Waals surface area contributed by atoms with Crippen molar-refractivity contribution in [2.45, 2.75) is 24.7 Å². The van der Waals surface area contributed by atoms with E-state index in [-0.39, 0.29) is 38.7 Å². The van der Waals surface area contributed by atoms with Gasteiger partial charge in [-0.15, -0.1) is 0 Å². The molecule has 2 rings (SSSR count). The summed E-state index contributed by atoms with van der Waals surface area (Å²) in [6, 6.07) is 13.5. The second-order valence-corrected chi connectivity index (χ2v) is 7.32. The fourth-order valence-corrected chi connectivity index (χ4v) is 2.95. The summed E-state index contributed by atoms with van der Waals surface area (Å²) in [6.07, 6.45) is -0.208. The Balaban J connectivity index is 0. The molecule has 4 N–H and O–H groups in total. The Labute approximate surface area is 202 Å². The number of hydrogen-bond donors (Lipinski definition) is 3. The van der Waals surface area contributed by atoms with Gasteiger partial charge in [0.15, 0.2) is 0 Å². The number of nitro groups is 1. The molecule has 0 aromatic heterocycles. The van der Waals surface area contributed by atoms with Gasteiger partial charge in [0.2, 0.25) is 6.54 Å². The largest absolute Gasteiger partial charge is 0.481 e. The Morgan fingerprint density at radius 3 is 1.58 bits per heavy atom. The zero-order chi connectivity index (χ0) is 22.7. The van der Waals surface area contributed by atoms with Gasteiger partial charge in [0, 0.05) is 40.9 Å². The minimum atomic E-state index is -1.05. The SMILES string of the molecule is NC[C@H](CC(=O)O)c1ccc(Cl)cc1.O=C(O)C[C@@H](C[N+](=O)[O-])c1ccc(Cl)cc1.[HH].[V]. The molecule has 0 amide bonds. The third-order valence-electron chi connectivity index (χ3n) is 4.18. The molecule has 8 nitrogen and oxygen atoms in total. The number of hydrogen-bond acceptors (Lipinski definition) is 5. The number of carboxylic acid groups (broad SMARTS) is 2. The minimum absolute atomic E-state index is 0. The average Bonchev–Trinajstić information content (AvgIpc) is 2.66. The van der Waals surface area contributed by atoms with Crippen LogP contribution in [-0.4, -0.2) is 40.2 Å². The van der Waals surface area contributed by atoms with Crippen LogP contribution in [0.4, 0.5) is 0 Å². The number of rotatable bonds is 9. The van der Waals surface area contributed by atoms with Gasteiger partial charge in [-0.2, -0.15) is 0 Å². The van der Waals surface area contributed by atoms with E-state index in [0.717, 1.165) is 5.56 Å². The van der Waals surface area contributed by atoms with Gasteiger partial charge in [-0.25, -0.2) is 0 Å². The average molecular weight is 510 g/mol. The maximum absolute atomic E-state index is 10.6. The van der Waals surface area contributed by atoms with E-state index in [1.54, 1.807) is 36.4 Å². The maximum atomic E-state index is 10.6. The van der Waals surface area contributed by atoms with Gasteiger partial charge < -0.3 is 15.9 Å². The molecule has 0 saturated heterocycles. The van der Waals surface area contributed by atoms with Crippen LogP contribution in [0, 0.1) is 10.1 Å². The molecule has 2 aromatic rings. The van der Waals surface area contributed by atoms with Crippen LogP contribution in [-0.2, 0) is 28.1 Å². The first kappa shape index (κ1) is 28.9. The second-order valence-electron chi connectivity index (χ2n) is 6.44. The summed E-state index contributed by atoms with van der Waals surface area (Å²) >= 11 is 11.4. The van der Waals surface area contributed by atoms with Crippen molar-refractivity contribution in [1.82, 2.24) is 0 Å². The molecule has 0 spiro atoms. The van der Waals surface area contributed by atoms with Crippen molar-refractivity contribution in [3.63, 3.8) is 0 Å². The quantitative estimate of drug-likeness (QED) is 0.338. The molecule has 0 heterocycles. The fraction of sp³-hybridized carbons (Fsp3) is 0.300. The van der Waals surface area contributed by atoms with E-state index in [4.69, 9.17) is 39.1 Å². The molecule has 11 heteroatoms. The van der Waals surface area contributed by atoms with Crippen LogP contribution >= 0.6 is 23.2 Å². The van der Waals surface area contributed by atoms with Crippen molar-refractivity contribution in [2.75, 3.05) is 13.1 Å². The zero-order valence-electron chi connectivity index (χ0n) is 16.4. The molecule has 2 atom stereocenters. The predicted molar refractivity (Wildman–Crippen MR) is 116 cm³/mol. The molecule has 0 bridgehead atoms. The van der Waals surface area contributed by atoms with E-state index in [1.165, 1.54) is 0 Å². The Morgan fingerprint density at radius 2 is 1.26 bits per heavy atom. The van der Waals surface area contributed by atoms with Crippen LogP contribution in [0.5, 0.6) is 0 Å². The van der Waals surface area contributed by atoms with Gasteiger partial charge in [0.1, 0.15) is 0 Å². The van der Waals surface area contributed by atoms with Crippen molar-refractivity contribution in [3.05, 3.63) is 79.8 Å². The van der Waals surface area contributed by atoms with E-state index in [2.05, 4.69) is 0 Å². The van der Waals surface area contributed by atoms with E-state index in [1.807, 2.05) is 12.1 Å². The van der Waals surface area contributed by atoms with Crippen LogP contribution in [0.25, 0.3) is 0 Å². The molecule has 2 aromatic carbocycles. The molecule has 169 valence electrons. The fourth-order valence-electron chi connectivity index (χ4n) is 2.70. The summed E-state index contributed by atoms with van der Waals surface area (Å²) in [5.41, 5.74) is 7.03. The van der Waals surface area contributed by atoms with Crippen molar-refractivity contribution >= 4 is 35.1 Å². The number of nitrogens with two attached hydrogens (primary N) is 1. The smallest absolute Gasteiger partial charge is 0.304 e. The van der Waals surface area contributed by atoms with Gasteiger partial charge in [-0.05, 0) is 41.9 Å². The third-order valence-corrected chi connectivity index (χ3v) is 4.68. The van der Waals surface area contributed by atoms with Crippen LogP contribution in [0.2, 0.25) is 10.0 Å². The normalized spacial score (nSPS) is 11.8. The molecule has 1 radical (unpaired) electrons. The number of aliphatic carboxylic acids is 2. The molecule has 0 aliphatic carbocycles. The minimum Gasteiger partial charge on any atom is -0.481 e.